The molecule has 0 unspecified atom stereocenters. The largest absolute Gasteiger partial charge is 0.383 e. The minimum absolute atomic E-state index is 0.00954. The Labute approximate surface area is 182 Å². The van der Waals surface area contributed by atoms with Crippen LogP contribution < -0.4 is 0 Å². The molecule has 0 bridgehead atoms. The fourth-order valence-corrected chi connectivity index (χ4v) is 4.97. The predicted molar refractivity (Wildman–Crippen MR) is 117 cm³/mol. The molecule has 1 aromatic heterocycles. The number of nitrogens with zero attached hydrogens (tertiary/aromatic N) is 2. The van der Waals surface area contributed by atoms with Gasteiger partial charge in [-0.1, -0.05) is 46.3 Å². The van der Waals surface area contributed by atoms with Crippen molar-refractivity contribution in [3.8, 4) is 0 Å². The van der Waals surface area contributed by atoms with Gasteiger partial charge in [-0.25, -0.2) is 0 Å². The second-order valence-electron chi connectivity index (χ2n) is 7.79. The molecule has 0 saturated carbocycles. The van der Waals surface area contributed by atoms with E-state index in [0.29, 0.717) is 19.6 Å². The smallest absolute Gasteiger partial charge is 0.246 e. The molecule has 3 aromatic rings. The summed E-state index contributed by atoms with van der Waals surface area (Å²) in [6, 6.07) is 15.3. The van der Waals surface area contributed by atoms with Gasteiger partial charge in [0.15, 0.2) is 0 Å². The highest BCUT2D eigenvalue weighted by Gasteiger charge is 2.48. The van der Waals surface area contributed by atoms with Crippen LogP contribution in [-0.2, 0) is 20.7 Å². The van der Waals surface area contributed by atoms with Gasteiger partial charge in [-0.3, -0.25) is 9.59 Å². The summed E-state index contributed by atoms with van der Waals surface area (Å²) < 4.78 is 6.11. The molecule has 1 N–H and O–H groups in total. The van der Waals surface area contributed by atoms with Crippen molar-refractivity contribution in [2.45, 2.75) is 18.5 Å². The molecule has 0 radical (unpaired) electrons. The Morgan fingerprint density at radius 3 is 2.67 bits per heavy atom. The second kappa shape index (κ2) is 7.56. The SMILES string of the molecule is COCCN1CC(=O)N2[C@@H](c3ccc(Br)cc3)c3[nH]c4ccccc4c3C[C@H]2C1=O. The van der Waals surface area contributed by atoms with Gasteiger partial charge in [0.1, 0.15) is 6.04 Å². The molecule has 30 heavy (non-hydrogen) atoms. The minimum Gasteiger partial charge on any atom is -0.383 e. The minimum atomic E-state index is -0.511. The fourth-order valence-electron chi connectivity index (χ4n) is 4.71. The predicted octanol–water partition coefficient (Wildman–Crippen LogP) is 3.26. The molecule has 2 aliphatic heterocycles. The first-order chi connectivity index (χ1) is 14.6. The molecule has 2 amide bonds. The summed E-state index contributed by atoms with van der Waals surface area (Å²) in [6.07, 6.45) is 0.514. The summed E-state index contributed by atoms with van der Waals surface area (Å²) in [5.74, 6) is -0.0439. The van der Waals surface area contributed by atoms with Crippen LogP contribution in [-0.4, -0.2) is 59.4 Å². The van der Waals surface area contributed by atoms with Crippen LogP contribution in [0.1, 0.15) is 22.9 Å². The molecule has 3 heterocycles. The van der Waals surface area contributed by atoms with Gasteiger partial charge in [0, 0.05) is 41.1 Å². The van der Waals surface area contributed by atoms with Crippen molar-refractivity contribution in [1.82, 2.24) is 14.8 Å². The number of H-pyrrole nitrogens is 1. The van der Waals surface area contributed by atoms with Gasteiger partial charge in [-0.2, -0.15) is 0 Å². The Morgan fingerprint density at radius 2 is 1.90 bits per heavy atom. The molecule has 5 rings (SSSR count). The number of benzene rings is 2. The second-order valence-corrected chi connectivity index (χ2v) is 8.71. The summed E-state index contributed by atoms with van der Waals surface area (Å²) in [6.45, 7) is 0.927. The molecular weight excluding hydrogens is 446 g/mol. The number of para-hydroxylation sites is 1. The topological polar surface area (TPSA) is 65.6 Å². The van der Waals surface area contributed by atoms with Gasteiger partial charge < -0.3 is 19.5 Å². The van der Waals surface area contributed by atoms with Crippen LogP contribution in [0.25, 0.3) is 10.9 Å². The maximum atomic E-state index is 13.4. The number of carbonyl (C=O) groups excluding carboxylic acids is 2. The molecular formula is C23H22BrN3O3. The summed E-state index contributed by atoms with van der Waals surface area (Å²) in [5.41, 5.74) is 4.14. The average molecular weight is 468 g/mol. The first-order valence-corrected chi connectivity index (χ1v) is 10.8. The Morgan fingerprint density at radius 1 is 1.13 bits per heavy atom. The molecule has 0 aliphatic carbocycles. The average Bonchev–Trinajstić information content (AvgIpc) is 3.13. The summed E-state index contributed by atoms with van der Waals surface area (Å²) >= 11 is 3.49. The lowest BCUT2D eigenvalue weighted by molar-refractivity contribution is -0.159. The third kappa shape index (κ3) is 3.04. The number of aromatic nitrogens is 1. The van der Waals surface area contributed by atoms with Gasteiger partial charge in [0.2, 0.25) is 11.8 Å². The van der Waals surface area contributed by atoms with Crippen molar-refractivity contribution >= 4 is 38.6 Å². The van der Waals surface area contributed by atoms with Gasteiger partial charge in [0.05, 0.1) is 19.2 Å². The van der Waals surface area contributed by atoms with E-state index in [1.54, 1.807) is 16.9 Å². The Bertz CT molecular complexity index is 1120. The van der Waals surface area contributed by atoms with Crippen molar-refractivity contribution in [2.75, 3.05) is 26.8 Å². The van der Waals surface area contributed by atoms with Gasteiger partial charge in [-0.15, -0.1) is 0 Å². The number of fused-ring (bicyclic) bond motifs is 4. The zero-order chi connectivity index (χ0) is 20.8. The third-order valence-corrected chi connectivity index (χ3v) is 6.62. The number of amides is 2. The molecule has 2 aromatic carbocycles. The Kier molecular flexibility index (Phi) is 4.87. The number of hydrogen-bond donors (Lipinski definition) is 1. The molecule has 1 fully saturated rings. The lowest BCUT2D eigenvalue weighted by Crippen LogP contribution is -2.63. The third-order valence-electron chi connectivity index (χ3n) is 6.09. The number of carbonyl (C=O) groups is 2. The summed E-state index contributed by atoms with van der Waals surface area (Å²) in [5, 5.41) is 1.11. The van der Waals surface area contributed by atoms with Crippen LogP contribution in [0.15, 0.2) is 53.0 Å². The van der Waals surface area contributed by atoms with E-state index in [1.807, 2.05) is 42.5 Å². The van der Waals surface area contributed by atoms with E-state index in [1.165, 1.54) is 0 Å². The van der Waals surface area contributed by atoms with Crippen LogP contribution in [0.3, 0.4) is 0 Å². The molecule has 2 atom stereocenters. The number of aromatic amines is 1. The number of hydrogen-bond acceptors (Lipinski definition) is 3. The van der Waals surface area contributed by atoms with E-state index in [2.05, 4.69) is 27.0 Å². The van der Waals surface area contributed by atoms with Crippen LogP contribution in [0, 0.1) is 0 Å². The molecule has 0 spiro atoms. The summed E-state index contributed by atoms with van der Waals surface area (Å²) in [4.78, 5) is 33.6. The first kappa shape index (κ1) is 19.3. The highest BCUT2D eigenvalue weighted by atomic mass is 79.9. The van der Waals surface area contributed by atoms with Crippen LogP contribution in [0.4, 0.5) is 0 Å². The highest BCUT2D eigenvalue weighted by Crippen LogP contribution is 2.42. The number of methoxy groups -OCH3 is 1. The van der Waals surface area contributed by atoms with Gasteiger partial charge in [0.25, 0.3) is 0 Å². The highest BCUT2D eigenvalue weighted by molar-refractivity contribution is 9.10. The lowest BCUT2D eigenvalue weighted by Gasteiger charge is -2.47. The zero-order valence-electron chi connectivity index (χ0n) is 16.6. The molecule has 6 nitrogen and oxygen atoms in total. The maximum absolute atomic E-state index is 13.4. The first-order valence-electron chi connectivity index (χ1n) is 10.0. The number of ether oxygens (including phenoxy) is 1. The van der Waals surface area contributed by atoms with E-state index in [-0.39, 0.29) is 24.4 Å². The van der Waals surface area contributed by atoms with E-state index >= 15 is 0 Å². The number of halogens is 1. The normalized spacial score (nSPS) is 21.1. The Hall–Kier alpha value is -2.64. The van der Waals surface area contributed by atoms with Crippen molar-refractivity contribution in [2.24, 2.45) is 0 Å². The number of piperazine rings is 1. The van der Waals surface area contributed by atoms with Gasteiger partial charge in [-0.05, 0) is 29.3 Å². The number of rotatable bonds is 4. The van der Waals surface area contributed by atoms with Crippen molar-refractivity contribution in [3.05, 3.63) is 69.8 Å². The molecule has 1 saturated heterocycles. The van der Waals surface area contributed by atoms with E-state index in [4.69, 9.17) is 4.74 Å². The fraction of sp³-hybridized carbons (Fsp3) is 0.304. The number of nitrogens with one attached hydrogen (secondary N) is 1. The van der Waals surface area contributed by atoms with Crippen LogP contribution in [0.5, 0.6) is 0 Å². The van der Waals surface area contributed by atoms with Crippen LogP contribution in [0.2, 0.25) is 0 Å². The van der Waals surface area contributed by atoms with Crippen molar-refractivity contribution < 1.29 is 14.3 Å². The zero-order valence-corrected chi connectivity index (χ0v) is 18.2. The summed E-state index contributed by atoms with van der Waals surface area (Å²) in [7, 11) is 1.60. The standard InChI is InChI=1S/C23H22BrN3O3/c1-30-11-10-26-13-20(28)27-19(23(26)29)12-17-16-4-2-3-5-18(16)25-21(17)22(27)14-6-8-15(24)9-7-14/h2-9,19,22,25H,10-13H2,1H3/t19-,22-/m0/s1. The monoisotopic (exact) mass is 467 g/mol. The van der Waals surface area contributed by atoms with E-state index in [9.17, 15) is 9.59 Å². The van der Waals surface area contributed by atoms with E-state index in [0.717, 1.165) is 32.2 Å². The molecule has 7 heteroatoms. The van der Waals surface area contributed by atoms with Crippen molar-refractivity contribution in [3.63, 3.8) is 0 Å². The quantitative estimate of drug-likeness (QED) is 0.640. The molecule has 154 valence electrons. The van der Waals surface area contributed by atoms with Crippen molar-refractivity contribution in [1.29, 1.82) is 0 Å². The Balaban J connectivity index is 1.66. The van der Waals surface area contributed by atoms with Crippen LogP contribution >= 0.6 is 15.9 Å². The van der Waals surface area contributed by atoms with E-state index < -0.39 is 6.04 Å². The maximum Gasteiger partial charge on any atom is 0.246 e. The van der Waals surface area contributed by atoms with Gasteiger partial charge >= 0.3 is 0 Å². The molecule has 2 aliphatic rings. The lowest BCUT2D eigenvalue weighted by atomic mass is 9.86.